The maximum Gasteiger partial charge on any atom is 0.242 e. The van der Waals surface area contributed by atoms with Gasteiger partial charge >= 0.3 is 0 Å². The van der Waals surface area contributed by atoms with Crippen LogP contribution in [0.3, 0.4) is 0 Å². The Balaban J connectivity index is 1.98. The second-order valence-electron chi connectivity index (χ2n) is 6.52. The van der Waals surface area contributed by atoms with Crippen LogP contribution in [-0.2, 0) is 9.59 Å². The highest BCUT2D eigenvalue weighted by Gasteiger charge is 2.16. The number of rotatable bonds is 8. The van der Waals surface area contributed by atoms with Crippen LogP contribution in [0.5, 0.6) is 5.75 Å². The lowest BCUT2D eigenvalue weighted by molar-refractivity contribution is -0.121. The maximum atomic E-state index is 12.5. The third kappa shape index (κ3) is 6.02. The van der Waals surface area contributed by atoms with Crippen molar-refractivity contribution < 1.29 is 14.3 Å². The molecule has 0 saturated heterocycles. The Labute approximate surface area is 160 Å². The number of nitrogens with one attached hydrogen (secondary N) is 3. The van der Waals surface area contributed by atoms with Gasteiger partial charge in [-0.15, -0.1) is 0 Å². The second-order valence-corrected chi connectivity index (χ2v) is 6.52. The first-order valence-electron chi connectivity index (χ1n) is 8.95. The maximum absolute atomic E-state index is 12.5. The predicted octanol–water partition coefficient (Wildman–Crippen LogP) is 3.37. The van der Waals surface area contributed by atoms with Gasteiger partial charge in [-0.1, -0.05) is 37.3 Å². The van der Waals surface area contributed by atoms with E-state index in [-0.39, 0.29) is 17.7 Å². The Bertz CT molecular complexity index is 777. The number of amides is 2. The van der Waals surface area contributed by atoms with Gasteiger partial charge in [0.1, 0.15) is 11.8 Å². The van der Waals surface area contributed by atoms with Gasteiger partial charge in [0.05, 0.1) is 12.8 Å². The number of hydrogen-bond donors (Lipinski definition) is 3. The van der Waals surface area contributed by atoms with Crippen molar-refractivity contribution in [3.8, 4) is 5.75 Å². The zero-order valence-corrected chi connectivity index (χ0v) is 16.2. The Kier molecular flexibility index (Phi) is 7.23. The molecule has 0 heterocycles. The average Bonchev–Trinajstić information content (AvgIpc) is 2.66. The van der Waals surface area contributed by atoms with Crippen LogP contribution in [0.1, 0.15) is 32.3 Å². The van der Waals surface area contributed by atoms with Crippen LogP contribution in [0.2, 0.25) is 0 Å². The minimum Gasteiger partial charge on any atom is -0.495 e. The number of benzene rings is 2. The van der Waals surface area contributed by atoms with Crippen molar-refractivity contribution in [3.63, 3.8) is 0 Å². The van der Waals surface area contributed by atoms with Gasteiger partial charge in [0.2, 0.25) is 11.8 Å². The minimum atomic E-state index is -0.463. The minimum absolute atomic E-state index is 0.107. The standard InChI is InChI=1S/C21H27N3O3/c1-14(17-8-6-5-7-9-17)13-22-21(26)15(2)23-19-12-18(24-16(3)25)10-11-20(19)27-4/h5-12,14-15,23H,13H2,1-4H3,(H,22,26)(H,24,25)/t14-,15-/m0/s1. The normalized spacial score (nSPS) is 12.6. The topological polar surface area (TPSA) is 79.5 Å². The van der Waals surface area contributed by atoms with Crippen molar-refractivity contribution in [2.24, 2.45) is 0 Å². The van der Waals surface area contributed by atoms with E-state index in [0.29, 0.717) is 23.7 Å². The molecule has 6 heteroatoms. The molecule has 0 unspecified atom stereocenters. The van der Waals surface area contributed by atoms with Gasteiger partial charge < -0.3 is 20.7 Å². The molecule has 0 aliphatic carbocycles. The first kappa shape index (κ1) is 20.3. The Morgan fingerprint density at radius 1 is 1.07 bits per heavy atom. The number of carbonyl (C=O) groups excluding carboxylic acids is 2. The lowest BCUT2D eigenvalue weighted by Crippen LogP contribution is -2.39. The van der Waals surface area contributed by atoms with Crippen LogP contribution in [0.25, 0.3) is 0 Å². The Morgan fingerprint density at radius 2 is 1.78 bits per heavy atom. The van der Waals surface area contributed by atoms with Crippen molar-refractivity contribution >= 4 is 23.2 Å². The SMILES string of the molecule is COc1ccc(NC(C)=O)cc1N[C@@H](C)C(=O)NC[C@H](C)c1ccccc1. The fourth-order valence-electron chi connectivity index (χ4n) is 2.71. The van der Waals surface area contributed by atoms with E-state index >= 15 is 0 Å². The number of ether oxygens (including phenoxy) is 1. The summed E-state index contributed by atoms with van der Waals surface area (Å²) in [5.41, 5.74) is 2.46. The molecule has 6 nitrogen and oxygen atoms in total. The molecule has 0 radical (unpaired) electrons. The van der Waals surface area contributed by atoms with E-state index < -0.39 is 6.04 Å². The average molecular weight is 369 g/mol. The summed E-state index contributed by atoms with van der Waals surface area (Å²) < 4.78 is 5.34. The molecule has 2 rings (SSSR count). The summed E-state index contributed by atoms with van der Waals surface area (Å²) in [7, 11) is 1.56. The Morgan fingerprint density at radius 3 is 2.41 bits per heavy atom. The van der Waals surface area contributed by atoms with E-state index in [9.17, 15) is 9.59 Å². The third-order valence-corrected chi connectivity index (χ3v) is 4.24. The molecular weight excluding hydrogens is 342 g/mol. The van der Waals surface area contributed by atoms with Crippen molar-refractivity contribution in [1.29, 1.82) is 0 Å². The fraction of sp³-hybridized carbons (Fsp3) is 0.333. The molecule has 27 heavy (non-hydrogen) atoms. The smallest absolute Gasteiger partial charge is 0.242 e. The summed E-state index contributed by atoms with van der Waals surface area (Å²) in [4.78, 5) is 23.7. The molecule has 2 aromatic rings. The summed E-state index contributed by atoms with van der Waals surface area (Å²) in [5, 5.41) is 8.85. The molecule has 144 valence electrons. The van der Waals surface area contributed by atoms with Crippen molar-refractivity contribution in [2.75, 3.05) is 24.3 Å². The number of methoxy groups -OCH3 is 1. The van der Waals surface area contributed by atoms with Gasteiger partial charge in [0, 0.05) is 19.2 Å². The molecule has 0 aliphatic heterocycles. The quantitative estimate of drug-likeness (QED) is 0.666. The lowest BCUT2D eigenvalue weighted by atomic mass is 10.0. The molecule has 0 bridgehead atoms. The van der Waals surface area contributed by atoms with Crippen LogP contribution in [0.15, 0.2) is 48.5 Å². The third-order valence-electron chi connectivity index (χ3n) is 4.24. The molecule has 0 aromatic heterocycles. The van der Waals surface area contributed by atoms with Crippen LogP contribution in [0.4, 0.5) is 11.4 Å². The molecule has 0 saturated carbocycles. The van der Waals surface area contributed by atoms with Crippen molar-refractivity contribution in [3.05, 3.63) is 54.1 Å². The highest BCUT2D eigenvalue weighted by atomic mass is 16.5. The van der Waals surface area contributed by atoms with E-state index in [1.165, 1.54) is 12.5 Å². The van der Waals surface area contributed by atoms with Crippen molar-refractivity contribution in [1.82, 2.24) is 5.32 Å². The van der Waals surface area contributed by atoms with E-state index in [1.54, 1.807) is 32.2 Å². The molecule has 0 spiro atoms. The fourth-order valence-corrected chi connectivity index (χ4v) is 2.71. The summed E-state index contributed by atoms with van der Waals surface area (Å²) in [6.45, 7) is 5.86. The molecule has 3 N–H and O–H groups in total. The molecule has 0 fully saturated rings. The number of carbonyl (C=O) groups is 2. The van der Waals surface area contributed by atoms with E-state index in [1.807, 2.05) is 18.2 Å². The first-order chi connectivity index (χ1) is 12.9. The largest absolute Gasteiger partial charge is 0.495 e. The van der Waals surface area contributed by atoms with E-state index in [4.69, 9.17) is 4.74 Å². The van der Waals surface area contributed by atoms with Crippen LogP contribution < -0.4 is 20.7 Å². The van der Waals surface area contributed by atoms with Gasteiger partial charge in [0.15, 0.2) is 0 Å². The monoisotopic (exact) mass is 369 g/mol. The van der Waals surface area contributed by atoms with Crippen molar-refractivity contribution in [2.45, 2.75) is 32.7 Å². The van der Waals surface area contributed by atoms with Crippen LogP contribution in [-0.4, -0.2) is 31.5 Å². The van der Waals surface area contributed by atoms with Gasteiger partial charge in [-0.2, -0.15) is 0 Å². The highest BCUT2D eigenvalue weighted by molar-refractivity contribution is 5.90. The number of anilines is 2. The van der Waals surface area contributed by atoms with Gasteiger partial charge in [-0.05, 0) is 36.6 Å². The highest BCUT2D eigenvalue weighted by Crippen LogP contribution is 2.28. The number of hydrogen-bond acceptors (Lipinski definition) is 4. The lowest BCUT2D eigenvalue weighted by Gasteiger charge is -2.20. The first-order valence-corrected chi connectivity index (χ1v) is 8.95. The van der Waals surface area contributed by atoms with Gasteiger partial charge in [-0.25, -0.2) is 0 Å². The van der Waals surface area contributed by atoms with Crippen LogP contribution in [0, 0.1) is 0 Å². The molecule has 2 aromatic carbocycles. The predicted molar refractivity (Wildman–Crippen MR) is 108 cm³/mol. The zero-order chi connectivity index (χ0) is 19.8. The molecule has 0 aliphatic rings. The molecule has 2 amide bonds. The Hall–Kier alpha value is -3.02. The summed E-state index contributed by atoms with van der Waals surface area (Å²) >= 11 is 0. The summed E-state index contributed by atoms with van der Waals surface area (Å²) in [6, 6.07) is 14.8. The van der Waals surface area contributed by atoms with Crippen LogP contribution >= 0.6 is 0 Å². The van der Waals surface area contributed by atoms with E-state index in [2.05, 4.69) is 35.0 Å². The van der Waals surface area contributed by atoms with E-state index in [0.717, 1.165) is 0 Å². The zero-order valence-electron chi connectivity index (χ0n) is 16.2. The second kappa shape index (κ2) is 9.62. The molecular formula is C21H27N3O3. The summed E-state index contributed by atoms with van der Waals surface area (Å²) in [6.07, 6.45) is 0. The van der Waals surface area contributed by atoms with Gasteiger partial charge in [-0.3, -0.25) is 9.59 Å². The van der Waals surface area contributed by atoms with Gasteiger partial charge in [0.25, 0.3) is 0 Å². The summed E-state index contributed by atoms with van der Waals surface area (Å²) in [5.74, 6) is 0.554. The molecule has 2 atom stereocenters.